The number of esters is 1. The average molecular weight is 645 g/mol. The maximum atomic E-state index is 13.3. The van der Waals surface area contributed by atoms with Crippen LogP contribution in [0.1, 0.15) is 78.0 Å². The van der Waals surface area contributed by atoms with Gasteiger partial charge in [0.2, 0.25) is 11.8 Å². The lowest BCUT2D eigenvalue weighted by molar-refractivity contribution is -0.170. The maximum absolute atomic E-state index is 13.3. The smallest absolute Gasteiger partial charge is 0.312 e. The van der Waals surface area contributed by atoms with Gasteiger partial charge >= 0.3 is 5.97 Å². The Morgan fingerprint density at radius 1 is 1.20 bits per heavy atom. The van der Waals surface area contributed by atoms with Crippen molar-refractivity contribution >= 4 is 62.7 Å². The van der Waals surface area contributed by atoms with Crippen molar-refractivity contribution in [2.45, 2.75) is 85.5 Å². The zero-order chi connectivity index (χ0) is 27.6. The number of carbonyl (C=O) groups excluding carboxylic acids is 4. The van der Waals surface area contributed by atoms with Crippen LogP contribution in [0.5, 0.6) is 0 Å². The quantitative estimate of drug-likeness (QED) is 0.196. The van der Waals surface area contributed by atoms with Crippen LogP contribution in [0.3, 0.4) is 0 Å². The fourth-order valence-corrected chi connectivity index (χ4v) is 11.2. The van der Waals surface area contributed by atoms with Gasteiger partial charge in [-0.3, -0.25) is 24.5 Å². The Bertz CT molecular complexity index is 1410. The standard InChI is InChI=1S/C29H30BrN3O5S2/c30-29-9-16-6-17(10-29)8-28(7-16,15-29)27(37)38-12-24-31-18(14-40-24)13-39-22-3-1-2-19-20(22)11-33(26(19)36)21-4-5-23(34)32-25(21)35/h1-3,14,16-17,21H,4-13,15H2,(H,32,34,35). The summed E-state index contributed by atoms with van der Waals surface area (Å²) < 4.78 is 5.99. The van der Waals surface area contributed by atoms with Gasteiger partial charge < -0.3 is 9.64 Å². The van der Waals surface area contributed by atoms with Gasteiger partial charge in [-0.05, 0) is 74.5 Å². The van der Waals surface area contributed by atoms with E-state index in [1.807, 2.05) is 17.5 Å². The highest BCUT2D eigenvalue weighted by Gasteiger charge is 2.60. The molecule has 40 heavy (non-hydrogen) atoms. The molecular formula is C29H30BrN3O5S2. The molecule has 8 nitrogen and oxygen atoms in total. The molecule has 5 fully saturated rings. The van der Waals surface area contributed by atoms with Crippen LogP contribution in [-0.4, -0.2) is 43.9 Å². The molecule has 11 heteroatoms. The summed E-state index contributed by atoms with van der Waals surface area (Å²) in [4.78, 5) is 57.6. The number of hydrogen-bond donors (Lipinski definition) is 1. The number of thioether (sulfide) groups is 1. The van der Waals surface area contributed by atoms with Crippen LogP contribution in [-0.2, 0) is 38.0 Å². The molecule has 1 saturated heterocycles. The van der Waals surface area contributed by atoms with E-state index in [0.717, 1.165) is 40.4 Å². The zero-order valence-electron chi connectivity index (χ0n) is 21.9. The topological polar surface area (TPSA) is 106 Å². The third-order valence-electron chi connectivity index (χ3n) is 9.26. The molecule has 3 heterocycles. The highest BCUT2D eigenvalue weighted by atomic mass is 79.9. The predicted molar refractivity (Wildman–Crippen MR) is 153 cm³/mol. The first-order valence-electron chi connectivity index (χ1n) is 13.9. The molecule has 2 aromatic rings. The summed E-state index contributed by atoms with van der Waals surface area (Å²) in [6, 6.07) is 5.02. The van der Waals surface area contributed by atoms with Crippen LogP contribution in [0.15, 0.2) is 28.5 Å². The van der Waals surface area contributed by atoms with Crippen molar-refractivity contribution in [2.75, 3.05) is 0 Å². The van der Waals surface area contributed by atoms with Gasteiger partial charge in [-0.1, -0.05) is 22.0 Å². The number of halogens is 1. The van der Waals surface area contributed by atoms with Crippen LogP contribution in [0, 0.1) is 17.3 Å². The second-order valence-electron chi connectivity index (χ2n) is 12.2. The summed E-state index contributed by atoms with van der Waals surface area (Å²) in [6.07, 6.45) is 7.00. The first-order valence-corrected chi connectivity index (χ1v) is 16.5. The van der Waals surface area contributed by atoms with E-state index in [0.29, 0.717) is 36.1 Å². The number of carbonyl (C=O) groups is 4. The molecule has 3 unspecified atom stereocenters. The Kier molecular flexibility index (Phi) is 6.62. The second-order valence-corrected chi connectivity index (χ2v) is 15.8. The summed E-state index contributed by atoms with van der Waals surface area (Å²) in [5, 5.41) is 5.14. The number of ether oxygens (including phenoxy) is 1. The van der Waals surface area contributed by atoms with Crippen LogP contribution >= 0.6 is 39.0 Å². The number of nitrogens with one attached hydrogen (secondary N) is 1. The molecule has 8 rings (SSSR count). The number of amides is 3. The van der Waals surface area contributed by atoms with Crippen LogP contribution in [0.4, 0.5) is 0 Å². The van der Waals surface area contributed by atoms with Crippen molar-refractivity contribution in [1.29, 1.82) is 0 Å². The van der Waals surface area contributed by atoms with Gasteiger partial charge in [0.05, 0.1) is 11.1 Å². The number of hydrogen-bond acceptors (Lipinski definition) is 8. The van der Waals surface area contributed by atoms with E-state index < -0.39 is 11.9 Å². The predicted octanol–water partition coefficient (Wildman–Crippen LogP) is 4.97. The highest BCUT2D eigenvalue weighted by molar-refractivity contribution is 9.10. The number of alkyl halides is 1. The van der Waals surface area contributed by atoms with E-state index >= 15 is 0 Å². The number of thiazole rings is 1. The molecule has 3 atom stereocenters. The Morgan fingerprint density at radius 3 is 2.75 bits per heavy atom. The number of imide groups is 1. The van der Waals surface area contributed by atoms with E-state index in [-0.39, 0.29) is 40.6 Å². The SMILES string of the molecule is O=C1CCC(N2Cc3c(SCc4csc(COC(=O)C56CC7CC(CC(Br)(C7)C5)C6)n4)cccc3C2=O)C(=O)N1. The summed E-state index contributed by atoms with van der Waals surface area (Å²) in [5.41, 5.74) is 2.08. The third kappa shape index (κ3) is 4.71. The lowest BCUT2D eigenvalue weighted by Gasteiger charge is -2.58. The van der Waals surface area contributed by atoms with E-state index in [2.05, 4.69) is 21.2 Å². The summed E-state index contributed by atoms with van der Waals surface area (Å²) in [6.45, 7) is 0.553. The van der Waals surface area contributed by atoms with Crippen molar-refractivity contribution in [3.63, 3.8) is 0 Å². The molecule has 2 aliphatic heterocycles. The van der Waals surface area contributed by atoms with Crippen LogP contribution in [0.25, 0.3) is 0 Å². The first kappa shape index (κ1) is 26.6. The van der Waals surface area contributed by atoms with E-state index in [1.54, 1.807) is 22.7 Å². The fraction of sp³-hybridized carbons (Fsp3) is 0.552. The molecule has 0 spiro atoms. The van der Waals surface area contributed by atoms with Gasteiger partial charge in [0.15, 0.2) is 0 Å². The Labute approximate surface area is 249 Å². The van der Waals surface area contributed by atoms with Crippen molar-refractivity contribution in [3.8, 4) is 0 Å². The van der Waals surface area contributed by atoms with Crippen LogP contribution < -0.4 is 5.32 Å². The maximum Gasteiger partial charge on any atom is 0.312 e. The molecule has 4 saturated carbocycles. The van der Waals surface area contributed by atoms with Gasteiger partial charge in [-0.2, -0.15) is 0 Å². The van der Waals surface area contributed by atoms with Crippen molar-refractivity contribution < 1.29 is 23.9 Å². The molecule has 1 N–H and O–H groups in total. The Hall–Kier alpha value is -2.24. The van der Waals surface area contributed by atoms with Crippen LogP contribution in [0.2, 0.25) is 0 Å². The number of rotatable bonds is 7. The molecule has 3 amide bonds. The monoisotopic (exact) mass is 643 g/mol. The molecular weight excluding hydrogens is 614 g/mol. The van der Waals surface area contributed by atoms with E-state index in [1.165, 1.54) is 30.6 Å². The largest absolute Gasteiger partial charge is 0.458 e. The van der Waals surface area contributed by atoms with E-state index in [4.69, 9.17) is 9.72 Å². The number of benzene rings is 1. The number of aromatic nitrogens is 1. The normalized spacial score (nSPS) is 32.4. The lowest BCUT2D eigenvalue weighted by atomic mass is 9.49. The zero-order valence-corrected chi connectivity index (χ0v) is 25.2. The van der Waals surface area contributed by atoms with Crippen molar-refractivity contribution in [1.82, 2.24) is 15.2 Å². The summed E-state index contributed by atoms with van der Waals surface area (Å²) >= 11 is 7.08. The molecule has 6 aliphatic rings. The molecule has 1 aromatic carbocycles. The second kappa shape index (κ2) is 9.94. The van der Waals surface area contributed by atoms with Crippen molar-refractivity contribution in [3.05, 3.63) is 45.4 Å². The van der Waals surface area contributed by atoms with Gasteiger partial charge in [0, 0.05) is 38.9 Å². The summed E-state index contributed by atoms with van der Waals surface area (Å²) in [5.74, 6) is 0.949. The summed E-state index contributed by atoms with van der Waals surface area (Å²) in [7, 11) is 0. The number of fused-ring (bicyclic) bond motifs is 1. The Morgan fingerprint density at radius 2 is 2.00 bits per heavy atom. The molecule has 210 valence electrons. The average Bonchev–Trinajstić information content (AvgIpc) is 3.49. The van der Waals surface area contributed by atoms with Gasteiger partial charge in [-0.15, -0.1) is 23.1 Å². The molecule has 4 aliphatic carbocycles. The molecule has 4 bridgehead atoms. The minimum atomic E-state index is -0.627. The first-order chi connectivity index (χ1) is 19.2. The fourth-order valence-electron chi connectivity index (χ4n) is 8.00. The van der Waals surface area contributed by atoms with Crippen molar-refractivity contribution in [2.24, 2.45) is 17.3 Å². The van der Waals surface area contributed by atoms with Gasteiger partial charge in [0.1, 0.15) is 17.7 Å². The molecule has 0 radical (unpaired) electrons. The lowest BCUT2D eigenvalue weighted by Crippen LogP contribution is -2.56. The van der Waals surface area contributed by atoms with E-state index in [9.17, 15) is 19.2 Å². The van der Waals surface area contributed by atoms with Gasteiger partial charge in [-0.25, -0.2) is 4.98 Å². The Balaban J connectivity index is 0.969. The van der Waals surface area contributed by atoms with Gasteiger partial charge in [0.25, 0.3) is 5.91 Å². The number of piperidine rings is 1. The number of nitrogens with zero attached hydrogens (tertiary/aromatic N) is 2. The highest BCUT2D eigenvalue weighted by Crippen LogP contribution is 2.64. The molecule has 1 aromatic heterocycles. The third-order valence-corrected chi connectivity index (χ3v) is 12.2. The minimum Gasteiger partial charge on any atom is -0.458 e. The minimum absolute atomic E-state index is 0.0540.